The number of benzene rings is 2. The lowest BCUT2D eigenvalue weighted by molar-refractivity contribution is -0.159. The molecule has 110 valence electrons. The van der Waals surface area contributed by atoms with Crippen LogP contribution in [0.1, 0.15) is 27.0 Å². The average Bonchev–Trinajstić information content (AvgIpc) is 2.56. The number of carbonyl (C=O) groups is 2. The quantitative estimate of drug-likeness (QED) is 0.627. The summed E-state index contributed by atoms with van der Waals surface area (Å²) in [6.45, 7) is 1.85. The van der Waals surface area contributed by atoms with Gasteiger partial charge in [-0.05, 0) is 36.2 Å². The minimum atomic E-state index is -0.512. The molecule has 2 aromatic carbocycles. The Kier molecular flexibility index (Phi) is 5.02. The van der Waals surface area contributed by atoms with Crippen LogP contribution in [-0.4, -0.2) is 17.4 Å². The van der Waals surface area contributed by atoms with E-state index >= 15 is 0 Å². The number of aryl methyl sites for hydroxylation is 1. The number of imide groups is 1. The van der Waals surface area contributed by atoms with Crippen LogP contribution in [0.5, 0.6) is 0 Å². The fourth-order valence-corrected chi connectivity index (χ4v) is 1.89. The molecule has 0 N–H and O–H groups in total. The number of nitrogens with zero attached hydrogens (tertiary/aromatic N) is 2. The Bertz CT molecular complexity index is 717. The van der Waals surface area contributed by atoms with E-state index in [1.165, 1.54) is 0 Å². The van der Waals surface area contributed by atoms with Crippen molar-refractivity contribution in [1.29, 1.82) is 5.26 Å². The zero-order valence-corrected chi connectivity index (χ0v) is 12.0. The minimum Gasteiger partial charge on any atom is -0.276 e. The highest BCUT2D eigenvalue weighted by molar-refractivity contribution is 5.99. The first-order valence-electron chi connectivity index (χ1n) is 6.62. The molecule has 5 heteroatoms. The molecule has 0 saturated heterocycles. The van der Waals surface area contributed by atoms with Crippen LogP contribution in [0.25, 0.3) is 0 Å². The van der Waals surface area contributed by atoms with E-state index in [0.717, 1.165) is 11.1 Å². The summed E-state index contributed by atoms with van der Waals surface area (Å²) < 4.78 is 0. The molecule has 5 nitrogen and oxygen atoms in total. The van der Waals surface area contributed by atoms with Gasteiger partial charge in [-0.2, -0.15) is 10.3 Å². The zero-order chi connectivity index (χ0) is 15.9. The van der Waals surface area contributed by atoms with Crippen LogP contribution in [0.2, 0.25) is 0 Å². The number of amides is 2. The topological polar surface area (TPSA) is 70.4 Å². The molecule has 0 aliphatic carbocycles. The van der Waals surface area contributed by atoms with Gasteiger partial charge in [-0.15, -0.1) is 0 Å². The van der Waals surface area contributed by atoms with Crippen molar-refractivity contribution in [3.8, 4) is 6.07 Å². The van der Waals surface area contributed by atoms with E-state index in [1.54, 1.807) is 49.4 Å². The number of hydrogen-bond donors (Lipinski definition) is 0. The molecule has 0 aliphatic rings. The summed E-state index contributed by atoms with van der Waals surface area (Å²) in [7, 11) is 0. The maximum atomic E-state index is 12.2. The van der Waals surface area contributed by atoms with Gasteiger partial charge in [-0.1, -0.05) is 30.3 Å². The van der Waals surface area contributed by atoms with Gasteiger partial charge in [-0.25, -0.2) is 0 Å². The Labute approximate surface area is 128 Å². The molecule has 0 aromatic heterocycles. The largest absolute Gasteiger partial charge is 0.284 e. The van der Waals surface area contributed by atoms with E-state index in [2.05, 4.69) is 0 Å². The molecule has 22 heavy (non-hydrogen) atoms. The predicted octanol–water partition coefficient (Wildman–Crippen LogP) is 2.60. The van der Waals surface area contributed by atoms with Crippen LogP contribution < -0.4 is 0 Å². The molecule has 0 bridgehead atoms. The molecule has 0 heterocycles. The van der Waals surface area contributed by atoms with Gasteiger partial charge in [0.2, 0.25) is 6.41 Å². The number of rotatable bonds is 5. The van der Waals surface area contributed by atoms with E-state index in [-0.39, 0.29) is 6.61 Å². The van der Waals surface area contributed by atoms with E-state index in [0.29, 0.717) is 22.6 Å². The molecular formula is C17H14N2O3. The lowest BCUT2D eigenvalue weighted by Crippen LogP contribution is -2.30. The fraction of sp³-hybridized carbons (Fsp3) is 0.118. The van der Waals surface area contributed by atoms with Crippen molar-refractivity contribution < 1.29 is 14.4 Å². The first-order chi connectivity index (χ1) is 10.7. The van der Waals surface area contributed by atoms with E-state index in [4.69, 9.17) is 10.1 Å². The van der Waals surface area contributed by atoms with Gasteiger partial charge < -0.3 is 0 Å². The van der Waals surface area contributed by atoms with Crippen molar-refractivity contribution in [3.05, 3.63) is 70.8 Å². The molecular weight excluding hydrogens is 280 g/mol. The number of hydroxylamine groups is 2. The highest BCUT2D eigenvalue weighted by Crippen LogP contribution is 2.12. The minimum absolute atomic E-state index is 0.0576. The average molecular weight is 294 g/mol. The fourth-order valence-electron chi connectivity index (χ4n) is 1.89. The molecule has 2 amide bonds. The van der Waals surface area contributed by atoms with Crippen LogP contribution in [0.3, 0.4) is 0 Å². The number of carbonyl (C=O) groups excluding carboxylic acids is 2. The van der Waals surface area contributed by atoms with Crippen molar-refractivity contribution in [3.63, 3.8) is 0 Å². The molecule has 0 unspecified atom stereocenters. The first-order valence-corrected chi connectivity index (χ1v) is 6.62. The summed E-state index contributed by atoms with van der Waals surface area (Å²) in [5.74, 6) is -0.512. The third-order valence-electron chi connectivity index (χ3n) is 3.12. The Morgan fingerprint density at radius 2 is 1.91 bits per heavy atom. The summed E-state index contributed by atoms with van der Waals surface area (Å²) in [4.78, 5) is 28.6. The normalized spacial score (nSPS) is 9.82. The summed E-state index contributed by atoms with van der Waals surface area (Å²) >= 11 is 0. The second kappa shape index (κ2) is 7.16. The lowest BCUT2D eigenvalue weighted by atomic mass is 10.1. The van der Waals surface area contributed by atoms with Gasteiger partial charge in [0.25, 0.3) is 5.91 Å². The van der Waals surface area contributed by atoms with Crippen molar-refractivity contribution in [2.75, 3.05) is 0 Å². The van der Waals surface area contributed by atoms with E-state index in [9.17, 15) is 9.59 Å². The van der Waals surface area contributed by atoms with Gasteiger partial charge in [-0.3, -0.25) is 14.4 Å². The summed E-state index contributed by atoms with van der Waals surface area (Å²) in [5.41, 5.74) is 2.46. The van der Waals surface area contributed by atoms with Gasteiger partial charge in [0, 0.05) is 5.56 Å². The van der Waals surface area contributed by atoms with Crippen LogP contribution >= 0.6 is 0 Å². The third-order valence-corrected chi connectivity index (χ3v) is 3.12. The summed E-state index contributed by atoms with van der Waals surface area (Å²) in [5, 5.41) is 9.41. The van der Waals surface area contributed by atoms with Gasteiger partial charge >= 0.3 is 0 Å². The van der Waals surface area contributed by atoms with Crippen molar-refractivity contribution in [2.45, 2.75) is 13.5 Å². The third kappa shape index (κ3) is 3.57. The van der Waals surface area contributed by atoms with Crippen LogP contribution in [0, 0.1) is 18.3 Å². The molecule has 2 aromatic rings. The van der Waals surface area contributed by atoms with Crippen molar-refractivity contribution in [1.82, 2.24) is 5.06 Å². The number of hydrogen-bond acceptors (Lipinski definition) is 4. The molecule has 0 saturated carbocycles. The lowest BCUT2D eigenvalue weighted by Gasteiger charge is -2.16. The number of nitriles is 1. The maximum Gasteiger partial charge on any atom is 0.284 e. The Hall–Kier alpha value is -2.97. The molecule has 0 fully saturated rings. The summed E-state index contributed by atoms with van der Waals surface area (Å²) in [6, 6.07) is 15.7. The second-order valence-corrected chi connectivity index (χ2v) is 4.63. The Balaban J connectivity index is 2.06. The molecule has 0 atom stereocenters. The highest BCUT2D eigenvalue weighted by atomic mass is 16.7. The molecule has 2 rings (SSSR count). The van der Waals surface area contributed by atoms with Gasteiger partial charge in [0.05, 0.1) is 11.6 Å². The molecule has 0 spiro atoms. The summed E-state index contributed by atoms with van der Waals surface area (Å²) in [6.07, 6.45) is 0.346. The van der Waals surface area contributed by atoms with Crippen LogP contribution in [-0.2, 0) is 16.2 Å². The van der Waals surface area contributed by atoms with Gasteiger partial charge in [0.15, 0.2) is 0 Å². The van der Waals surface area contributed by atoms with Gasteiger partial charge in [0.1, 0.15) is 6.61 Å². The molecule has 0 aliphatic heterocycles. The predicted molar refractivity (Wildman–Crippen MR) is 79.4 cm³/mol. The smallest absolute Gasteiger partial charge is 0.276 e. The van der Waals surface area contributed by atoms with Crippen molar-refractivity contribution in [2.24, 2.45) is 0 Å². The SMILES string of the molecule is Cc1ccccc1C(=O)N(C=O)OCc1ccc(C#N)cc1. The highest BCUT2D eigenvalue weighted by Gasteiger charge is 2.17. The van der Waals surface area contributed by atoms with Crippen molar-refractivity contribution >= 4 is 12.3 Å². The van der Waals surface area contributed by atoms with Crippen LogP contribution in [0.4, 0.5) is 0 Å². The Morgan fingerprint density at radius 1 is 1.23 bits per heavy atom. The Morgan fingerprint density at radius 3 is 2.50 bits per heavy atom. The standard InChI is InChI=1S/C17H14N2O3/c1-13-4-2-3-5-16(13)17(21)19(12-20)22-11-15-8-6-14(10-18)7-9-15/h2-9,12H,11H2,1H3. The zero-order valence-electron chi connectivity index (χ0n) is 12.0. The van der Waals surface area contributed by atoms with E-state index in [1.807, 2.05) is 12.1 Å². The molecule has 0 radical (unpaired) electrons. The first kappa shape index (κ1) is 15.4. The second-order valence-electron chi connectivity index (χ2n) is 4.63. The maximum absolute atomic E-state index is 12.2. The monoisotopic (exact) mass is 294 g/mol. The van der Waals surface area contributed by atoms with E-state index < -0.39 is 5.91 Å². The van der Waals surface area contributed by atoms with Crippen LogP contribution in [0.15, 0.2) is 48.5 Å².